The summed E-state index contributed by atoms with van der Waals surface area (Å²) in [6.45, 7) is 10.8. The number of hydrogen-bond acceptors (Lipinski definition) is 4. The fourth-order valence-electron chi connectivity index (χ4n) is 4.37. The maximum absolute atomic E-state index is 13.3. The minimum Gasteiger partial charge on any atom is -0.489 e. The number of benzene rings is 1. The van der Waals surface area contributed by atoms with Crippen molar-refractivity contribution in [3.05, 3.63) is 28.8 Å². The third-order valence-corrected chi connectivity index (χ3v) is 6.37. The van der Waals surface area contributed by atoms with Crippen LogP contribution < -0.4 is 4.74 Å². The SMILES string of the molecule is CCN(CC)[C@@H]1CCN(C(=O)c2cc(Cl)ccc2OC2CCN(C(C)=O)CC2)C1. The first-order chi connectivity index (χ1) is 13.9. The summed E-state index contributed by atoms with van der Waals surface area (Å²) >= 11 is 6.21. The Labute approximate surface area is 178 Å². The van der Waals surface area contributed by atoms with E-state index in [1.807, 2.05) is 9.80 Å². The van der Waals surface area contributed by atoms with Crippen molar-refractivity contribution in [1.82, 2.24) is 14.7 Å². The number of halogens is 1. The van der Waals surface area contributed by atoms with Crippen molar-refractivity contribution < 1.29 is 14.3 Å². The maximum atomic E-state index is 13.3. The molecule has 3 rings (SSSR count). The van der Waals surface area contributed by atoms with Crippen molar-refractivity contribution in [2.45, 2.75) is 52.2 Å². The van der Waals surface area contributed by atoms with E-state index < -0.39 is 0 Å². The monoisotopic (exact) mass is 421 g/mol. The summed E-state index contributed by atoms with van der Waals surface area (Å²) in [6, 6.07) is 5.69. The highest BCUT2D eigenvalue weighted by Crippen LogP contribution is 2.29. The smallest absolute Gasteiger partial charge is 0.257 e. The van der Waals surface area contributed by atoms with Crippen LogP contribution in [0.3, 0.4) is 0 Å². The zero-order valence-electron chi connectivity index (χ0n) is 17.7. The summed E-state index contributed by atoms with van der Waals surface area (Å²) in [4.78, 5) is 31.0. The van der Waals surface area contributed by atoms with Gasteiger partial charge in [0.15, 0.2) is 0 Å². The van der Waals surface area contributed by atoms with Crippen LogP contribution >= 0.6 is 11.6 Å². The topological polar surface area (TPSA) is 53.1 Å². The highest BCUT2D eigenvalue weighted by molar-refractivity contribution is 6.31. The van der Waals surface area contributed by atoms with E-state index in [0.29, 0.717) is 35.5 Å². The molecule has 0 N–H and O–H groups in total. The Morgan fingerprint density at radius 1 is 1.10 bits per heavy atom. The van der Waals surface area contributed by atoms with Crippen LogP contribution in [0.1, 0.15) is 50.4 Å². The van der Waals surface area contributed by atoms with Gasteiger partial charge in [0.05, 0.1) is 5.56 Å². The number of likely N-dealkylation sites (tertiary alicyclic amines) is 2. The number of amides is 2. The molecule has 0 saturated carbocycles. The molecule has 29 heavy (non-hydrogen) atoms. The van der Waals surface area contributed by atoms with Crippen molar-refractivity contribution in [2.24, 2.45) is 0 Å². The van der Waals surface area contributed by atoms with Gasteiger partial charge in [-0.1, -0.05) is 25.4 Å². The van der Waals surface area contributed by atoms with Gasteiger partial charge in [0, 0.05) is 57.0 Å². The number of likely N-dealkylation sites (N-methyl/N-ethyl adjacent to an activating group) is 1. The van der Waals surface area contributed by atoms with Crippen LogP contribution in [-0.2, 0) is 4.79 Å². The molecule has 1 aromatic carbocycles. The third-order valence-electron chi connectivity index (χ3n) is 6.13. The molecular formula is C22H32ClN3O3. The standard InChI is InChI=1S/C22H32ClN3O3/c1-4-24(5-2)18-8-11-26(15-18)22(28)20-14-17(23)6-7-21(20)29-19-9-12-25(13-10-19)16(3)27/h6-7,14,18-19H,4-5,8-13,15H2,1-3H3/t18-/m1/s1. The molecule has 2 amide bonds. The number of nitrogens with zero attached hydrogens (tertiary/aromatic N) is 3. The second kappa shape index (κ2) is 9.81. The predicted molar refractivity (Wildman–Crippen MR) is 115 cm³/mol. The van der Waals surface area contributed by atoms with Crippen LogP contribution in [0.2, 0.25) is 5.02 Å². The van der Waals surface area contributed by atoms with Crippen LogP contribution in [0, 0.1) is 0 Å². The largest absolute Gasteiger partial charge is 0.489 e. The molecule has 1 atom stereocenters. The van der Waals surface area contributed by atoms with Gasteiger partial charge in [0.1, 0.15) is 11.9 Å². The summed E-state index contributed by atoms with van der Waals surface area (Å²) in [7, 11) is 0. The summed E-state index contributed by atoms with van der Waals surface area (Å²) in [5, 5.41) is 0.534. The number of carbonyl (C=O) groups is 2. The summed E-state index contributed by atoms with van der Waals surface area (Å²) < 4.78 is 6.21. The zero-order chi connectivity index (χ0) is 21.0. The van der Waals surface area contributed by atoms with Crippen LogP contribution in [-0.4, -0.2) is 77.9 Å². The highest BCUT2D eigenvalue weighted by atomic mass is 35.5. The van der Waals surface area contributed by atoms with E-state index in [1.54, 1.807) is 25.1 Å². The molecular weight excluding hydrogens is 390 g/mol. The number of rotatable bonds is 6. The molecule has 2 saturated heterocycles. The van der Waals surface area contributed by atoms with E-state index in [-0.39, 0.29) is 17.9 Å². The molecule has 2 heterocycles. The van der Waals surface area contributed by atoms with Crippen molar-refractivity contribution >= 4 is 23.4 Å². The summed E-state index contributed by atoms with van der Waals surface area (Å²) in [5.74, 6) is 0.674. The summed E-state index contributed by atoms with van der Waals surface area (Å²) in [5.41, 5.74) is 0.534. The molecule has 1 aromatic rings. The van der Waals surface area contributed by atoms with Gasteiger partial charge in [-0.3, -0.25) is 14.5 Å². The van der Waals surface area contributed by atoms with Gasteiger partial charge in [-0.05, 0) is 37.7 Å². The molecule has 160 valence electrons. The maximum Gasteiger partial charge on any atom is 0.257 e. The van der Waals surface area contributed by atoms with Gasteiger partial charge in [-0.15, -0.1) is 0 Å². The molecule has 2 aliphatic rings. The molecule has 2 aliphatic heterocycles. The van der Waals surface area contributed by atoms with E-state index in [9.17, 15) is 9.59 Å². The predicted octanol–water partition coefficient (Wildman–Crippen LogP) is 3.29. The minimum atomic E-state index is -0.0154. The molecule has 6 nitrogen and oxygen atoms in total. The molecule has 0 bridgehead atoms. The average molecular weight is 422 g/mol. The number of carbonyl (C=O) groups excluding carboxylic acids is 2. The van der Waals surface area contributed by atoms with Crippen molar-refractivity contribution in [1.29, 1.82) is 0 Å². The second-order valence-corrected chi connectivity index (χ2v) is 8.32. The average Bonchev–Trinajstić information content (AvgIpc) is 3.20. The molecule has 0 aromatic heterocycles. The molecule has 0 radical (unpaired) electrons. The fourth-order valence-corrected chi connectivity index (χ4v) is 4.55. The third kappa shape index (κ3) is 5.23. The lowest BCUT2D eigenvalue weighted by Gasteiger charge is -2.32. The molecule has 2 fully saturated rings. The van der Waals surface area contributed by atoms with Gasteiger partial charge >= 0.3 is 0 Å². The Balaban J connectivity index is 1.69. The van der Waals surface area contributed by atoms with Crippen molar-refractivity contribution in [3.8, 4) is 5.75 Å². The van der Waals surface area contributed by atoms with Gasteiger partial charge in [-0.25, -0.2) is 0 Å². The molecule has 7 heteroatoms. The molecule has 0 unspecified atom stereocenters. The number of piperidine rings is 1. The Kier molecular flexibility index (Phi) is 7.41. The van der Waals surface area contributed by atoms with Crippen LogP contribution in [0.4, 0.5) is 0 Å². The normalized spacial score (nSPS) is 20.4. The van der Waals surface area contributed by atoms with Gasteiger partial charge in [0.2, 0.25) is 5.91 Å². The van der Waals surface area contributed by atoms with E-state index in [2.05, 4.69) is 18.7 Å². The van der Waals surface area contributed by atoms with Gasteiger partial charge in [0.25, 0.3) is 5.91 Å². The highest BCUT2D eigenvalue weighted by Gasteiger charge is 2.31. The van der Waals surface area contributed by atoms with Crippen molar-refractivity contribution in [2.75, 3.05) is 39.3 Å². The van der Waals surface area contributed by atoms with E-state index in [0.717, 1.165) is 45.4 Å². The first-order valence-corrected chi connectivity index (χ1v) is 11.1. The number of hydrogen-bond donors (Lipinski definition) is 0. The fraction of sp³-hybridized carbons (Fsp3) is 0.636. The second-order valence-electron chi connectivity index (χ2n) is 7.88. The van der Waals surface area contributed by atoms with Crippen LogP contribution in [0.15, 0.2) is 18.2 Å². The molecule has 0 aliphatic carbocycles. The Morgan fingerprint density at radius 3 is 2.38 bits per heavy atom. The minimum absolute atomic E-state index is 0.000302. The summed E-state index contributed by atoms with van der Waals surface area (Å²) in [6.07, 6.45) is 2.53. The Bertz CT molecular complexity index is 730. The van der Waals surface area contributed by atoms with Crippen molar-refractivity contribution in [3.63, 3.8) is 0 Å². The van der Waals surface area contributed by atoms with E-state index >= 15 is 0 Å². The van der Waals surface area contributed by atoms with E-state index in [1.165, 1.54) is 0 Å². The lowest BCUT2D eigenvalue weighted by Crippen LogP contribution is -2.41. The lowest BCUT2D eigenvalue weighted by atomic mass is 10.1. The number of ether oxygens (including phenoxy) is 1. The lowest BCUT2D eigenvalue weighted by molar-refractivity contribution is -0.130. The first kappa shape index (κ1) is 21.9. The van der Waals surface area contributed by atoms with Gasteiger partial charge in [-0.2, -0.15) is 0 Å². The Morgan fingerprint density at radius 2 is 1.76 bits per heavy atom. The van der Waals surface area contributed by atoms with Crippen LogP contribution in [0.25, 0.3) is 0 Å². The zero-order valence-corrected chi connectivity index (χ0v) is 18.5. The first-order valence-electron chi connectivity index (χ1n) is 10.7. The van der Waals surface area contributed by atoms with E-state index in [4.69, 9.17) is 16.3 Å². The van der Waals surface area contributed by atoms with Crippen LogP contribution in [0.5, 0.6) is 5.75 Å². The quantitative estimate of drug-likeness (QED) is 0.707. The molecule has 0 spiro atoms. The van der Waals surface area contributed by atoms with Gasteiger partial charge < -0.3 is 14.5 Å². The Hall–Kier alpha value is -1.79.